The smallest absolute Gasteiger partial charge is 0.312 e. The number of hydrazone groups is 1. The monoisotopic (exact) mass is 532 g/mol. The maximum absolute atomic E-state index is 13.1. The van der Waals surface area contributed by atoms with E-state index in [4.69, 9.17) is 4.74 Å². The normalized spacial score (nSPS) is 11.2. The van der Waals surface area contributed by atoms with Gasteiger partial charge >= 0.3 is 5.69 Å². The number of nitrogens with one attached hydrogen (secondary N) is 1. The molecule has 35 heavy (non-hydrogen) atoms. The lowest BCUT2D eigenvalue weighted by Crippen LogP contribution is -2.18. The number of rotatable bonds is 7. The van der Waals surface area contributed by atoms with Crippen LogP contribution in [0.15, 0.2) is 82.4 Å². The van der Waals surface area contributed by atoms with E-state index in [0.717, 1.165) is 5.56 Å². The lowest BCUT2D eigenvalue weighted by Gasteiger charge is -2.12. The van der Waals surface area contributed by atoms with Gasteiger partial charge in [-0.3, -0.25) is 14.9 Å². The van der Waals surface area contributed by atoms with Gasteiger partial charge < -0.3 is 4.74 Å². The molecule has 0 saturated heterocycles. The Hall–Kier alpha value is -4.11. The molecule has 0 atom stereocenters. The molecule has 1 N–H and O–H groups in total. The van der Waals surface area contributed by atoms with Gasteiger partial charge in [-0.05, 0) is 48.0 Å². The Morgan fingerprint density at radius 2 is 1.83 bits per heavy atom. The van der Waals surface area contributed by atoms with E-state index in [1.165, 1.54) is 12.3 Å². The Kier molecular flexibility index (Phi) is 7.17. The molecule has 4 aromatic rings. The second kappa shape index (κ2) is 10.4. The zero-order valence-electron chi connectivity index (χ0n) is 18.9. The van der Waals surface area contributed by atoms with Gasteiger partial charge in [-0.25, -0.2) is 10.4 Å². The zero-order chi connectivity index (χ0) is 24.9. The highest BCUT2D eigenvalue weighted by Gasteiger charge is 2.21. The first-order chi connectivity index (χ1) is 16.8. The van der Waals surface area contributed by atoms with Crippen LogP contribution >= 0.6 is 15.9 Å². The van der Waals surface area contributed by atoms with Crippen LogP contribution in [0.2, 0.25) is 0 Å². The molecular weight excluding hydrogens is 512 g/mol. The summed E-state index contributed by atoms with van der Waals surface area (Å²) >= 11 is 3.32. The highest BCUT2D eigenvalue weighted by atomic mass is 79.9. The van der Waals surface area contributed by atoms with Crippen molar-refractivity contribution >= 4 is 44.6 Å². The summed E-state index contributed by atoms with van der Waals surface area (Å²) in [6.45, 7) is 3.57. The number of carbonyl (C=O) groups excluding carboxylic acids is 1. The number of halogens is 1. The molecule has 0 radical (unpaired) electrons. The number of hydrogen-bond acceptors (Lipinski definition) is 6. The predicted molar refractivity (Wildman–Crippen MR) is 139 cm³/mol. The number of pyridine rings is 1. The maximum atomic E-state index is 13.1. The maximum Gasteiger partial charge on any atom is 0.312 e. The van der Waals surface area contributed by atoms with Crippen molar-refractivity contribution in [3.8, 4) is 17.0 Å². The van der Waals surface area contributed by atoms with Gasteiger partial charge in [-0.15, -0.1) is 0 Å². The van der Waals surface area contributed by atoms with Crippen LogP contribution < -0.4 is 10.2 Å². The molecular formula is C26H21BrN4O4. The molecule has 4 rings (SSSR count). The number of ether oxygens (including phenoxy) is 1. The van der Waals surface area contributed by atoms with Crippen LogP contribution in [0.4, 0.5) is 5.69 Å². The molecule has 3 aromatic carbocycles. The number of aromatic nitrogens is 1. The van der Waals surface area contributed by atoms with Crippen molar-refractivity contribution in [1.82, 2.24) is 10.4 Å². The fraction of sp³-hybridized carbons (Fsp3) is 0.115. The van der Waals surface area contributed by atoms with Crippen LogP contribution in [0.1, 0.15) is 29.8 Å². The number of nitro groups is 1. The van der Waals surface area contributed by atoms with Gasteiger partial charge in [-0.2, -0.15) is 5.10 Å². The molecule has 8 nitrogen and oxygen atoms in total. The Labute approximate surface area is 209 Å². The third-order valence-electron chi connectivity index (χ3n) is 5.01. The van der Waals surface area contributed by atoms with Crippen LogP contribution in [-0.2, 0) is 0 Å². The quantitative estimate of drug-likeness (QED) is 0.175. The summed E-state index contributed by atoms with van der Waals surface area (Å²) in [7, 11) is 0. The first kappa shape index (κ1) is 24.0. The average Bonchev–Trinajstić information content (AvgIpc) is 2.84. The summed E-state index contributed by atoms with van der Waals surface area (Å²) in [6.07, 6.45) is 1.11. The van der Waals surface area contributed by atoms with Crippen molar-refractivity contribution in [3.05, 3.63) is 98.5 Å². The molecule has 1 aromatic heterocycles. The molecule has 0 aliphatic rings. The molecule has 0 fully saturated rings. The summed E-state index contributed by atoms with van der Waals surface area (Å²) in [4.78, 5) is 28.8. The number of carbonyl (C=O) groups is 1. The number of amides is 1. The molecule has 176 valence electrons. The first-order valence-corrected chi connectivity index (χ1v) is 11.6. The second-order valence-electron chi connectivity index (χ2n) is 7.91. The molecule has 0 aliphatic heterocycles. The van der Waals surface area contributed by atoms with Crippen molar-refractivity contribution in [2.75, 3.05) is 0 Å². The Morgan fingerprint density at radius 3 is 2.54 bits per heavy atom. The number of fused-ring (bicyclic) bond motifs is 1. The van der Waals surface area contributed by atoms with E-state index in [0.29, 0.717) is 32.2 Å². The van der Waals surface area contributed by atoms with E-state index in [1.54, 1.807) is 26.0 Å². The Morgan fingerprint density at radius 1 is 1.11 bits per heavy atom. The van der Waals surface area contributed by atoms with Gasteiger partial charge in [0.1, 0.15) is 0 Å². The fourth-order valence-corrected chi connectivity index (χ4v) is 4.07. The molecule has 1 heterocycles. The number of nitrogens with zero attached hydrogens (tertiary/aromatic N) is 3. The zero-order valence-corrected chi connectivity index (χ0v) is 20.5. The van der Waals surface area contributed by atoms with Crippen molar-refractivity contribution in [2.24, 2.45) is 5.10 Å². The van der Waals surface area contributed by atoms with E-state index in [9.17, 15) is 14.9 Å². The Balaban J connectivity index is 1.63. The predicted octanol–water partition coefficient (Wildman–Crippen LogP) is 6.12. The standard InChI is InChI=1S/C26H21BrN4O4/c1-16(2)35-25-21(27)12-17(13-24(25)31(33)34)15-28-30-26(32)20-14-23(18-8-4-3-5-9-18)29-22-11-7-6-10-19(20)22/h3-16H,1-2H3,(H,30,32)/b28-15-. The largest absolute Gasteiger partial charge is 0.483 e. The summed E-state index contributed by atoms with van der Waals surface area (Å²) < 4.78 is 5.99. The first-order valence-electron chi connectivity index (χ1n) is 10.8. The van der Waals surface area contributed by atoms with E-state index in [2.05, 4.69) is 31.4 Å². The molecule has 1 amide bonds. The van der Waals surface area contributed by atoms with Gasteiger partial charge in [0.2, 0.25) is 5.75 Å². The lowest BCUT2D eigenvalue weighted by atomic mass is 10.0. The van der Waals surface area contributed by atoms with E-state index in [1.807, 2.05) is 54.6 Å². The van der Waals surface area contributed by atoms with Crippen LogP contribution in [-0.4, -0.2) is 28.1 Å². The summed E-state index contributed by atoms with van der Waals surface area (Å²) in [5.41, 5.74) is 5.39. The second-order valence-corrected chi connectivity index (χ2v) is 8.77. The number of nitro benzene ring substituents is 1. The van der Waals surface area contributed by atoms with Crippen LogP contribution in [0.5, 0.6) is 5.75 Å². The highest BCUT2D eigenvalue weighted by Crippen LogP contribution is 2.36. The van der Waals surface area contributed by atoms with Crippen molar-refractivity contribution in [1.29, 1.82) is 0 Å². The van der Waals surface area contributed by atoms with Crippen molar-refractivity contribution in [3.63, 3.8) is 0 Å². The molecule has 0 aliphatic carbocycles. The highest BCUT2D eigenvalue weighted by molar-refractivity contribution is 9.10. The molecule has 0 spiro atoms. The number of benzene rings is 3. The third kappa shape index (κ3) is 5.52. The van der Waals surface area contributed by atoms with Gasteiger partial charge in [-0.1, -0.05) is 48.5 Å². The van der Waals surface area contributed by atoms with E-state index >= 15 is 0 Å². The van der Waals surface area contributed by atoms with Crippen molar-refractivity contribution < 1.29 is 14.5 Å². The molecule has 0 unspecified atom stereocenters. The van der Waals surface area contributed by atoms with Crippen molar-refractivity contribution in [2.45, 2.75) is 20.0 Å². The average molecular weight is 533 g/mol. The summed E-state index contributed by atoms with van der Waals surface area (Å²) in [5, 5.41) is 16.3. The van der Waals surface area contributed by atoms with Gasteiger partial charge in [0.15, 0.2) is 0 Å². The van der Waals surface area contributed by atoms with Crippen LogP contribution in [0.3, 0.4) is 0 Å². The summed E-state index contributed by atoms with van der Waals surface area (Å²) in [5.74, 6) is -0.284. The van der Waals surface area contributed by atoms with Gasteiger partial charge in [0.25, 0.3) is 5.91 Å². The van der Waals surface area contributed by atoms with Gasteiger partial charge in [0, 0.05) is 22.6 Å². The van der Waals surface area contributed by atoms with Gasteiger partial charge in [0.05, 0.1) is 38.5 Å². The van der Waals surface area contributed by atoms with E-state index < -0.39 is 10.8 Å². The molecule has 0 saturated carbocycles. The van der Waals surface area contributed by atoms with Crippen LogP contribution in [0.25, 0.3) is 22.2 Å². The lowest BCUT2D eigenvalue weighted by molar-refractivity contribution is -0.386. The summed E-state index contributed by atoms with van der Waals surface area (Å²) in [6, 6.07) is 21.6. The number of hydrogen-bond donors (Lipinski definition) is 1. The Bertz CT molecular complexity index is 1440. The minimum absolute atomic E-state index is 0.142. The fourth-order valence-electron chi connectivity index (χ4n) is 3.51. The third-order valence-corrected chi connectivity index (χ3v) is 5.60. The van der Waals surface area contributed by atoms with E-state index in [-0.39, 0.29) is 17.5 Å². The number of para-hydroxylation sites is 1. The molecule has 0 bridgehead atoms. The SMILES string of the molecule is CC(C)Oc1c(Br)cc(/C=N\NC(=O)c2cc(-c3ccccc3)nc3ccccc23)cc1[N+](=O)[O-]. The minimum atomic E-state index is -0.521. The van der Waals surface area contributed by atoms with Crippen LogP contribution in [0, 0.1) is 10.1 Å². The molecule has 9 heteroatoms. The minimum Gasteiger partial charge on any atom is -0.483 e. The topological polar surface area (TPSA) is 107 Å².